The molecule has 0 spiro atoms. The van der Waals surface area contributed by atoms with Crippen LogP contribution in [0.15, 0.2) is 24.3 Å². The lowest BCUT2D eigenvalue weighted by molar-refractivity contribution is -0.143. The predicted octanol–water partition coefficient (Wildman–Crippen LogP) is 0.564. The highest BCUT2D eigenvalue weighted by Crippen LogP contribution is 2.31. The first kappa shape index (κ1) is 19.8. The largest absolute Gasteiger partial charge is 0.493 e. The smallest absolute Gasteiger partial charge is 0.331 e. The summed E-state index contributed by atoms with van der Waals surface area (Å²) in [5.74, 6) is -0.268. The molecule has 1 aliphatic rings. The van der Waals surface area contributed by atoms with Gasteiger partial charge in [-0.05, 0) is 18.6 Å². The van der Waals surface area contributed by atoms with E-state index >= 15 is 0 Å². The molecule has 1 aliphatic heterocycles. The van der Waals surface area contributed by atoms with E-state index in [0.29, 0.717) is 23.5 Å². The Morgan fingerprint density at radius 3 is 2.65 bits per heavy atom. The molecular formula is C17H21NO7S. The van der Waals surface area contributed by atoms with Gasteiger partial charge in [-0.1, -0.05) is 12.1 Å². The maximum absolute atomic E-state index is 11.8. The molecule has 1 fully saturated rings. The van der Waals surface area contributed by atoms with Crippen molar-refractivity contribution < 1.29 is 32.2 Å². The molecule has 0 saturated carbocycles. The standard InChI is InChI=1S/C17H21NO7S/c1-23-14-5-3-4-12(17(14)24-2)6-7-16(20)25-10-15(19)18-13-8-9-26(21,22)11-13/h3-7,13H,8-11H2,1-2H3,(H,18,19)/b7-6+/t13-/m1/s1. The molecule has 9 heteroatoms. The summed E-state index contributed by atoms with van der Waals surface area (Å²) in [6.07, 6.45) is 3.04. The van der Waals surface area contributed by atoms with Gasteiger partial charge in [-0.3, -0.25) is 4.79 Å². The van der Waals surface area contributed by atoms with Crippen LogP contribution in [0.25, 0.3) is 6.08 Å². The number of methoxy groups -OCH3 is 2. The van der Waals surface area contributed by atoms with Crippen LogP contribution >= 0.6 is 0 Å². The fraction of sp³-hybridized carbons (Fsp3) is 0.412. The molecule has 1 amide bonds. The molecule has 0 bridgehead atoms. The van der Waals surface area contributed by atoms with Gasteiger partial charge in [-0.15, -0.1) is 0 Å². The van der Waals surface area contributed by atoms with Crippen LogP contribution < -0.4 is 14.8 Å². The number of esters is 1. The number of carbonyl (C=O) groups excluding carboxylic acids is 2. The van der Waals surface area contributed by atoms with Crippen molar-refractivity contribution in [3.8, 4) is 11.5 Å². The van der Waals surface area contributed by atoms with E-state index in [4.69, 9.17) is 14.2 Å². The van der Waals surface area contributed by atoms with E-state index in [1.807, 2.05) is 0 Å². The van der Waals surface area contributed by atoms with Crippen molar-refractivity contribution in [1.29, 1.82) is 0 Å². The molecule has 0 aliphatic carbocycles. The third kappa shape index (κ3) is 5.48. The summed E-state index contributed by atoms with van der Waals surface area (Å²) in [5.41, 5.74) is 0.615. The number of amides is 1. The normalized spacial score (nSPS) is 18.5. The van der Waals surface area contributed by atoms with Crippen molar-refractivity contribution >= 4 is 27.8 Å². The van der Waals surface area contributed by atoms with E-state index in [1.54, 1.807) is 18.2 Å². The molecule has 1 saturated heterocycles. The van der Waals surface area contributed by atoms with Gasteiger partial charge in [-0.25, -0.2) is 13.2 Å². The summed E-state index contributed by atoms with van der Waals surface area (Å²) < 4.78 is 38.0. The van der Waals surface area contributed by atoms with Crippen molar-refractivity contribution in [2.24, 2.45) is 0 Å². The zero-order chi connectivity index (χ0) is 19.2. The van der Waals surface area contributed by atoms with E-state index in [2.05, 4.69) is 5.32 Å². The fourth-order valence-corrected chi connectivity index (χ4v) is 4.24. The number of benzene rings is 1. The lowest BCUT2D eigenvalue weighted by Crippen LogP contribution is -2.38. The number of sulfone groups is 1. The van der Waals surface area contributed by atoms with Gasteiger partial charge in [0.1, 0.15) is 0 Å². The first-order chi connectivity index (χ1) is 12.3. The van der Waals surface area contributed by atoms with Gasteiger partial charge in [0.05, 0.1) is 25.7 Å². The van der Waals surface area contributed by atoms with Crippen molar-refractivity contribution in [1.82, 2.24) is 5.32 Å². The number of nitrogens with one attached hydrogen (secondary N) is 1. The first-order valence-corrected chi connectivity index (χ1v) is 9.72. The molecule has 1 heterocycles. The SMILES string of the molecule is COc1cccc(/C=C/C(=O)OCC(=O)N[C@@H]2CCS(=O)(=O)C2)c1OC. The maximum Gasteiger partial charge on any atom is 0.331 e. The minimum Gasteiger partial charge on any atom is -0.493 e. The molecule has 142 valence electrons. The molecule has 2 rings (SSSR count). The van der Waals surface area contributed by atoms with Crippen LogP contribution in [0.1, 0.15) is 12.0 Å². The minimum absolute atomic E-state index is 0.0584. The summed E-state index contributed by atoms with van der Waals surface area (Å²) in [4.78, 5) is 23.5. The highest BCUT2D eigenvalue weighted by Gasteiger charge is 2.28. The lowest BCUT2D eigenvalue weighted by Gasteiger charge is -2.10. The van der Waals surface area contributed by atoms with E-state index in [-0.39, 0.29) is 11.5 Å². The predicted molar refractivity (Wildman–Crippen MR) is 94.7 cm³/mol. The lowest BCUT2D eigenvalue weighted by atomic mass is 10.1. The van der Waals surface area contributed by atoms with Gasteiger partial charge < -0.3 is 19.5 Å². The van der Waals surface area contributed by atoms with Crippen molar-refractivity contribution in [3.05, 3.63) is 29.8 Å². The fourth-order valence-electron chi connectivity index (χ4n) is 2.56. The summed E-state index contributed by atoms with van der Waals surface area (Å²) in [6, 6.07) is 4.78. The number of hydrogen-bond acceptors (Lipinski definition) is 7. The topological polar surface area (TPSA) is 108 Å². The van der Waals surface area contributed by atoms with Gasteiger partial charge in [0.2, 0.25) is 0 Å². The van der Waals surface area contributed by atoms with Gasteiger partial charge >= 0.3 is 5.97 Å². The maximum atomic E-state index is 11.8. The third-order valence-electron chi connectivity index (χ3n) is 3.78. The second kappa shape index (κ2) is 8.70. The van der Waals surface area contributed by atoms with Crippen LogP contribution in [0.4, 0.5) is 0 Å². The monoisotopic (exact) mass is 383 g/mol. The van der Waals surface area contributed by atoms with E-state index < -0.39 is 34.4 Å². The van der Waals surface area contributed by atoms with Gasteiger partial charge in [-0.2, -0.15) is 0 Å². The number of hydrogen-bond donors (Lipinski definition) is 1. The summed E-state index contributed by atoms with van der Waals surface area (Å²) in [6.45, 7) is -0.477. The highest BCUT2D eigenvalue weighted by atomic mass is 32.2. The Morgan fingerprint density at radius 1 is 1.27 bits per heavy atom. The third-order valence-corrected chi connectivity index (χ3v) is 5.54. The molecule has 1 aromatic carbocycles. The van der Waals surface area contributed by atoms with Crippen LogP contribution in [0.3, 0.4) is 0 Å². The zero-order valence-corrected chi connectivity index (χ0v) is 15.4. The quantitative estimate of drug-likeness (QED) is 0.541. The van der Waals surface area contributed by atoms with Crippen LogP contribution in [0.5, 0.6) is 11.5 Å². The molecule has 8 nitrogen and oxygen atoms in total. The summed E-state index contributed by atoms with van der Waals surface area (Å²) in [5, 5.41) is 2.54. The average Bonchev–Trinajstić information content (AvgIpc) is 2.95. The molecule has 1 atom stereocenters. The van der Waals surface area contributed by atoms with Crippen LogP contribution in [0.2, 0.25) is 0 Å². The van der Waals surface area contributed by atoms with Crippen molar-refractivity contribution in [3.63, 3.8) is 0 Å². The molecule has 1 aromatic rings. The molecule has 26 heavy (non-hydrogen) atoms. The average molecular weight is 383 g/mol. The molecule has 0 unspecified atom stereocenters. The van der Waals surface area contributed by atoms with E-state index in [9.17, 15) is 18.0 Å². The molecular weight excluding hydrogens is 362 g/mol. The summed E-state index contributed by atoms with van der Waals surface area (Å²) >= 11 is 0. The molecule has 0 radical (unpaired) electrons. The first-order valence-electron chi connectivity index (χ1n) is 7.90. The zero-order valence-electron chi connectivity index (χ0n) is 14.6. The minimum atomic E-state index is -3.08. The van der Waals surface area contributed by atoms with Gasteiger partial charge in [0.15, 0.2) is 27.9 Å². The molecule has 0 aromatic heterocycles. The van der Waals surface area contributed by atoms with E-state index in [1.165, 1.54) is 26.4 Å². The van der Waals surface area contributed by atoms with Gasteiger partial charge in [0.25, 0.3) is 5.91 Å². The van der Waals surface area contributed by atoms with Crippen molar-refractivity contribution in [2.45, 2.75) is 12.5 Å². The Kier molecular flexibility index (Phi) is 6.62. The Morgan fingerprint density at radius 2 is 2.04 bits per heavy atom. The van der Waals surface area contributed by atoms with Crippen LogP contribution in [-0.4, -0.2) is 58.7 Å². The van der Waals surface area contributed by atoms with Crippen LogP contribution in [-0.2, 0) is 24.2 Å². The number of para-hydroxylation sites is 1. The van der Waals surface area contributed by atoms with Crippen LogP contribution in [0, 0.1) is 0 Å². The second-order valence-corrected chi connectivity index (χ2v) is 7.92. The summed E-state index contributed by atoms with van der Waals surface area (Å²) in [7, 11) is -0.0849. The Hall–Kier alpha value is -2.55. The number of carbonyl (C=O) groups is 2. The highest BCUT2D eigenvalue weighted by molar-refractivity contribution is 7.91. The number of rotatable bonds is 7. The van der Waals surface area contributed by atoms with E-state index in [0.717, 1.165) is 0 Å². The number of ether oxygens (including phenoxy) is 3. The van der Waals surface area contributed by atoms with Gasteiger partial charge in [0, 0.05) is 17.7 Å². The Labute approximate surface area is 152 Å². The second-order valence-electron chi connectivity index (χ2n) is 5.69. The van der Waals surface area contributed by atoms with Crippen molar-refractivity contribution in [2.75, 3.05) is 32.3 Å². The Balaban J connectivity index is 1.85. The molecule has 1 N–H and O–H groups in total. The Bertz CT molecular complexity index is 801.